The van der Waals surface area contributed by atoms with E-state index >= 15 is 0 Å². The minimum Gasteiger partial charge on any atom is -0.357 e. The van der Waals surface area contributed by atoms with E-state index in [9.17, 15) is 8.42 Å². The molecule has 2 aliphatic heterocycles. The third-order valence-electron chi connectivity index (χ3n) is 4.34. The molecule has 8 heteroatoms. The smallest absolute Gasteiger partial charge is 0.191 e. The molecule has 2 heterocycles. The van der Waals surface area contributed by atoms with Gasteiger partial charge in [-0.2, -0.15) is 0 Å². The van der Waals surface area contributed by atoms with Crippen molar-refractivity contribution >= 4 is 39.8 Å². The summed E-state index contributed by atoms with van der Waals surface area (Å²) >= 11 is 0. The van der Waals surface area contributed by atoms with Gasteiger partial charge in [-0.25, -0.2) is 8.42 Å². The molecule has 0 radical (unpaired) electrons. The normalized spacial score (nSPS) is 28.2. The zero-order valence-electron chi connectivity index (χ0n) is 14.3. The first kappa shape index (κ1) is 21.0. The lowest BCUT2D eigenvalue weighted by Gasteiger charge is -2.30. The van der Waals surface area contributed by atoms with E-state index in [1.807, 2.05) is 6.92 Å². The number of sulfone groups is 1. The van der Waals surface area contributed by atoms with Crippen LogP contribution in [0.3, 0.4) is 0 Å². The van der Waals surface area contributed by atoms with Gasteiger partial charge in [-0.15, -0.1) is 24.0 Å². The van der Waals surface area contributed by atoms with E-state index in [0.29, 0.717) is 6.42 Å². The average molecular weight is 458 g/mol. The Morgan fingerprint density at radius 2 is 2.13 bits per heavy atom. The Labute approximate surface area is 157 Å². The molecule has 2 fully saturated rings. The molecule has 0 aromatic heterocycles. The third kappa shape index (κ3) is 7.55. The van der Waals surface area contributed by atoms with Gasteiger partial charge in [0.05, 0.1) is 18.1 Å². The van der Waals surface area contributed by atoms with Gasteiger partial charge in [0, 0.05) is 25.7 Å². The zero-order valence-corrected chi connectivity index (χ0v) is 17.4. The highest BCUT2D eigenvalue weighted by molar-refractivity contribution is 14.0. The number of aliphatic imine (C=N–C) groups is 1. The van der Waals surface area contributed by atoms with E-state index in [1.165, 1.54) is 25.9 Å². The third-order valence-corrected chi connectivity index (χ3v) is 6.11. The largest absolute Gasteiger partial charge is 0.357 e. The average Bonchev–Trinajstić information content (AvgIpc) is 2.78. The fraction of sp³-hybridized carbons (Fsp3) is 0.933. The van der Waals surface area contributed by atoms with E-state index in [2.05, 4.69) is 27.4 Å². The zero-order chi connectivity index (χ0) is 16.0. The van der Waals surface area contributed by atoms with Gasteiger partial charge in [-0.1, -0.05) is 6.92 Å². The molecule has 2 unspecified atom stereocenters. The van der Waals surface area contributed by atoms with Crippen LogP contribution in [-0.4, -0.2) is 69.5 Å². The molecular weight excluding hydrogens is 427 g/mol. The van der Waals surface area contributed by atoms with Crippen LogP contribution in [0.15, 0.2) is 4.99 Å². The molecule has 0 saturated carbocycles. The van der Waals surface area contributed by atoms with Gasteiger partial charge in [0.15, 0.2) is 15.8 Å². The van der Waals surface area contributed by atoms with Gasteiger partial charge >= 0.3 is 0 Å². The van der Waals surface area contributed by atoms with E-state index in [1.54, 1.807) is 0 Å². The molecule has 136 valence electrons. The highest BCUT2D eigenvalue weighted by Gasteiger charge is 2.28. The number of nitrogens with one attached hydrogen (secondary N) is 2. The minimum atomic E-state index is -2.85. The predicted molar refractivity (Wildman–Crippen MR) is 106 cm³/mol. The van der Waals surface area contributed by atoms with Crippen LogP contribution in [0.25, 0.3) is 0 Å². The minimum absolute atomic E-state index is 0. The maximum absolute atomic E-state index is 11.5. The summed E-state index contributed by atoms with van der Waals surface area (Å²) in [6.45, 7) is 9.18. The summed E-state index contributed by atoms with van der Waals surface area (Å²) in [4.78, 5) is 7.08. The van der Waals surface area contributed by atoms with Crippen molar-refractivity contribution in [2.75, 3.05) is 44.2 Å². The number of piperidine rings is 1. The molecule has 6 nitrogen and oxygen atoms in total. The van der Waals surface area contributed by atoms with Crippen LogP contribution in [-0.2, 0) is 9.84 Å². The molecule has 23 heavy (non-hydrogen) atoms. The van der Waals surface area contributed by atoms with Crippen molar-refractivity contribution in [3.8, 4) is 0 Å². The molecular formula is C15H31IN4O2S. The Bertz CT molecular complexity index is 484. The quantitative estimate of drug-likeness (QED) is 0.367. The van der Waals surface area contributed by atoms with E-state index in [0.717, 1.165) is 31.5 Å². The fourth-order valence-corrected chi connectivity index (χ4v) is 4.89. The summed E-state index contributed by atoms with van der Waals surface area (Å²) in [5.41, 5.74) is 0. The Hall–Kier alpha value is -0.0900. The molecule has 2 aliphatic rings. The Morgan fingerprint density at radius 1 is 1.35 bits per heavy atom. The molecule has 0 aromatic rings. The van der Waals surface area contributed by atoms with E-state index < -0.39 is 9.84 Å². The van der Waals surface area contributed by atoms with E-state index in [-0.39, 0.29) is 41.5 Å². The highest BCUT2D eigenvalue weighted by atomic mass is 127. The van der Waals surface area contributed by atoms with Crippen LogP contribution >= 0.6 is 24.0 Å². The molecule has 2 saturated heterocycles. The number of likely N-dealkylation sites (tertiary alicyclic amines) is 1. The lowest BCUT2D eigenvalue weighted by Crippen LogP contribution is -2.44. The Morgan fingerprint density at radius 3 is 2.74 bits per heavy atom. The summed E-state index contributed by atoms with van der Waals surface area (Å²) in [5.74, 6) is 2.04. The van der Waals surface area contributed by atoms with Crippen LogP contribution in [0.2, 0.25) is 0 Å². The number of hydrogen-bond donors (Lipinski definition) is 2. The summed E-state index contributed by atoms with van der Waals surface area (Å²) in [5, 5.41) is 6.47. The van der Waals surface area contributed by atoms with Crippen molar-refractivity contribution in [3.05, 3.63) is 0 Å². The topological polar surface area (TPSA) is 73.8 Å². The summed E-state index contributed by atoms with van der Waals surface area (Å²) in [6.07, 6.45) is 3.29. The van der Waals surface area contributed by atoms with Gasteiger partial charge in [0.25, 0.3) is 0 Å². The highest BCUT2D eigenvalue weighted by Crippen LogP contribution is 2.14. The van der Waals surface area contributed by atoms with Crippen molar-refractivity contribution in [3.63, 3.8) is 0 Å². The summed E-state index contributed by atoms with van der Waals surface area (Å²) in [7, 11) is -2.85. The molecule has 0 aromatic carbocycles. The molecule has 0 spiro atoms. The second kappa shape index (κ2) is 10.0. The van der Waals surface area contributed by atoms with Crippen LogP contribution in [0.5, 0.6) is 0 Å². The maximum atomic E-state index is 11.5. The lowest BCUT2D eigenvalue weighted by atomic mass is 10.0. The van der Waals surface area contributed by atoms with E-state index in [4.69, 9.17) is 0 Å². The second-order valence-electron chi connectivity index (χ2n) is 6.55. The number of hydrogen-bond acceptors (Lipinski definition) is 4. The van der Waals surface area contributed by atoms with Crippen molar-refractivity contribution < 1.29 is 8.42 Å². The molecule has 0 bridgehead atoms. The van der Waals surface area contributed by atoms with Gasteiger partial charge in [0.1, 0.15) is 0 Å². The first-order valence-corrected chi connectivity index (χ1v) is 10.3. The number of guanidine groups is 1. The number of rotatable bonds is 5. The first-order valence-electron chi connectivity index (χ1n) is 8.46. The van der Waals surface area contributed by atoms with Gasteiger partial charge in [-0.3, -0.25) is 4.99 Å². The second-order valence-corrected chi connectivity index (χ2v) is 8.78. The van der Waals surface area contributed by atoms with Crippen molar-refractivity contribution in [1.29, 1.82) is 0 Å². The summed E-state index contributed by atoms with van der Waals surface area (Å²) < 4.78 is 23.0. The van der Waals surface area contributed by atoms with Gasteiger partial charge in [-0.05, 0) is 38.6 Å². The molecule has 2 rings (SSSR count). The molecule has 0 aliphatic carbocycles. The maximum Gasteiger partial charge on any atom is 0.191 e. The number of halogens is 1. The SMILES string of the molecule is CCNC(=NCCN1CCCC(C)C1)NC1CCS(=O)(=O)C1.I. The molecule has 2 atom stereocenters. The van der Waals surface area contributed by atoms with Crippen molar-refractivity contribution in [1.82, 2.24) is 15.5 Å². The van der Waals surface area contributed by atoms with Crippen molar-refractivity contribution in [2.24, 2.45) is 10.9 Å². The Kier molecular flexibility index (Phi) is 9.13. The van der Waals surface area contributed by atoms with Crippen LogP contribution in [0.1, 0.15) is 33.1 Å². The molecule has 0 amide bonds. The van der Waals surface area contributed by atoms with Crippen LogP contribution < -0.4 is 10.6 Å². The van der Waals surface area contributed by atoms with Crippen molar-refractivity contribution in [2.45, 2.75) is 39.2 Å². The van der Waals surface area contributed by atoms with Gasteiger partial charge in [0.2, 0.25) is 0 Å². The lowest BCUT2D eigenvalue weighted by molar-refractivity contribution is 0.189. The molecule has 2 N–H and O–H groups in total. The fourth-order valence-electron chi connectivity index (χ4n) is 3.22. The van der Waals surface area contributed by atoms with Crippen LogP contribution in [0, 0.1) is 5.92 Å². The standard InChI is InChI=1S/C15H30N4O2S.HI/c1-3-16-15(18-14-6-10-22(20,21)12-14)17-7-9-19-8-4-5-13(2)11-19;/h13-14H,3-12H2,1-2H3,(H2,16,17,18);1H. The Balaban J connectivity index is 0.00000264. The predicted octanol–water partition coefficient (Wildman–Crippen LogP) is 1.08. The summed E-state index contributed by atoms with van der Waals surface area (Å²) in [6, 6.07) is -0.00203. The first-order chi connectivity index (χ1) is 10.5. The van der Waals surface area contributed by atoms with Crippen LogP contribution in [0.4, 0.5) is 0 Å². The van der Waals surface area contributed by atoms with Gasteiger partial charge < -0.3 is 15.5 Å². The monoisotopic (exact) mass is 458 g/mol. The number of nitrogens with zero attached hydrogens (tertiary/aromatic N) is 2.